The van der Waals surface area contributed by atoms with E-state index < -0.39 is 5.91 Å². The molecule has 0 aromatic carbocycles. The van der Waals surface area contributed by atoms with E-state index in [1.54, 1.807) is 7.11 Å². The second-order valence-electron chi connectivity index (χ2n) is 5.61. The Labute approximate surface area is 149 Å². The maximum Gasteiger partial charge on any atom is 0.262 e. The third kappa shape index (κ3) is 4.86. The second kappa shape index (κ2) is 8.72. The summed E-state index contributed by atoms with van der Waals surface area (Å²) in [7, 11) is 1.59. The van der Waals surface area contributed by atoms with Gasteiger partial charge in [-0.15, -0.1) is 11.3 Å². The van der Waals surface area contributed by atoms with Crippen LogP contribution < -0.4 is 16.2 Å². The average molecular weight is 366 g/mol. The molecule has 0 aliphatic rings. The number of carbonyl (C=O) groups excluding carboxylic acids is 2. The van der Waals surface area contributed by atoms with Crippen LogP contribution in [0.1, 0.15) is 16.9 Å². The lowest BCUT2D eigenvalue weighted by Gasteiger charge is -2.08. The number of carbonyl (C=O) groups is 2. The van der Waals surface area contributed by atoms with Gasteiger partial charge in [0.2, 0.25) is 11.8 Å². The first-order chi connectivity index (χ1) is 11.9. The third-order valence-electron chi connectivity index (χ3n) is 3.76. The van der Waals surface area contributed by atoms with Crippen molar-refractivity contribution >= 4 is 33.4 Å². The average Bonchev–Trinajstić information content (AvgIpc) is 2.87. The Bertz CT molecular complexity index is 827. The SMILES string of the molecule is COCCCNC(=O)CNC(=O)Cn1cnc2sc(C)c(C)c2c1=O. The highest BCUT2D eigenvalue weighted by molar-refractivity contribution is 7.18. The molecule has 0 radical (unpaired) electrons. The zero-order chi connectivity index (χ0) is 18.4. The number of amides is 2. The van der Waals surface area contributed by atoms with Crippen molar-refractivity contribution in [2.75, 3.05) is 26.8 Å². The van der Waals surface area contributed by atoms with Crippen LogP contribution in [0.2, 0.25) is 0 Å². The summed E-state index contributed by atoms with van der Waals surface area (Å²) in [6, 6.07) is 0. The van der Waals surface area contributed by atoms with Crippen LogP contribution in [0, 0.1) is 13.8 Å². The molecule has 0 saturated heterocycles. The number of thiophene rings is 1. The number of nitrogens with one attached hydrogen (secondary N) is 2. The van der Waals surface area contributed by atoms with Gasteiger partial charge in [0.05, 0.1) is 18.3 Å². The minimum atomic E-state index is -0.417. The van der Waals surface area contributed by atoms with E-state index >= 15 is 0 Å². The van der Waals surface area contributed by atoms with Crippen molar-refractivity contribution in [3.05, 3.63) is 27.1 Å². The van der Waals surface area contributed by atoms with Gasteiger partial charge >= 0.3 is 0 Å². The molecule has 0 fully saturated rings. The number of aryl methyl sites for hydroxylation is 2. The van der Waals surface area contributed by atoms with Gasteiger partial charge in [0.15, 0.2) is 0 Å². The smallest absolute Gasteiger partial charge is 0.262 e. The molecule has 0 atom stereocenters. The molecular weight excluding hydrogens is 344 g/mol. The van der Waals surface area contributed by atoms with E-state index in [-0.39, 0.29) is 24.6 Å². The van der Waals surface area contributed by atoms with E-state index in [2.05, 4.69) is 15.6 Å². The Hall–Kier alpha value is -2.26. The Balaban J connectivity index is 1.92. The standard InChI is InChI=1S/C16H22N4O4S/c1-10-11(2)25-15-14(10)16(23)20(9-19-15)8-13(22)18-7-12(21)17-5-4-6-24-3/h9H,4-8H2,1-3H3,(H,17,21)(H,18,22). The molecule has 25 heavy (non-hydrogen) atoms. The van der Waals surface area contributed by atoms with Crippen molar-refractivity contribution in [1.29, 1.82) is 0 Å². The molecule has 2 rings (SSSR count). The van der Waals surface area contributed by atoms with Crippen molar-refractivity contribution in [2.24, 2.45) is 0 Å². The van der Waals surface area contributed by atoms with E-state index in [9.17, 15) is 14.4 Å². The third-order valence-corrected chi connectivity index (χ3v) is 4.88. The monoisotopic (exact) mass is 366 g/mol. The Morgan fingerprint density at radius 1 is 1.28 bits per heavy atom. The topological polar surface area (TPSA) is 102 Å². The van der Waals surface area contributed by atoms with Crippen LogP contribution in [0.3, 0.4) is 0 Å². The van der Waals surface area contributed by atoms with Gasteiger partial charge in [-0.1, -0.05) is 0 Å². The lowest BCUT2D eigenvalue weighted by molar-refractivity contribution is -0.126. The van der Waals surface area contributed by atoms with Gasteiger partial charge in [0, 0.05) is 25.1 Å². The number of hydrogen-bond acceptors (Lipinski definition) is 6. The van der Waals surface area contributed by atoms with Crippen molar-refractivity contribution < 1.29 is 14.3 Å². The molecule has 0 aliphatic carbocycles. The van der Waals surface area contributed by atoms with E-state index in [1.807, 2.05) is 13.8 Å². The zero-order valence-corrected chi connectivity index (χ0v) is 15.4. The summed E-state index contributed by atoms with van der Waals surface area (Å²) in [6.07, 6.45) is 2.07. The highest BCUT2D eigenvalue weighted by Gasteiger charge is 2.14. The van der Waals surface area contributed by atoms with Crippen LogP contribution in [-0.4, -0.2) is 48.2 Å². The minimum Gasteiger partial charge on any atom is -0.385 e. The van der Waals surface area contributed by atoms with Gasteiger partial charge in [-0.3, -0.25) is 19.0 Å². The largest absolute Gasteiger partial charge is 0.385 e. The fraction of sp³-hybridized carbons (Fsp3) is 0.500. The molecule has 2 amide bonds. The Morgan fingerprint density at radius 3 is 2.76 bits per heavy atom. The number of hydrogen-bond donors (Lipinski definition) is 2. The maximum atomic E-state index is 12.5. The Kier molecular flexibility index (Phi) is 6.65. The second-order valence-corrected chi connectivity index (χ2v) is 6.82. The van der Waals surface area contributed by atoms with Crippen LogP contribution >= 0.6 is 11.3 Å². The summed E-state index contributed by atoms with van der Waals surface area (Å²) in [4.78, 5) is 42.0. The van der Waals surface area contributed by atoms with Crippen LogP contribution in [0.15, 0.2) is 11.1 Å². The summed E-state index contributed by atoms with van der Waals surface area (Å²) >= 11 is 1.46. The molecule has 0 spiro atoms. The predicted octanol–water partition coefficient (Wildman–Crippen LogP) is 0.344. The van der Waals surface area contributed by atoms with Crippen LogP contribution in [0.25, 0.3) is 10.2 Å². The van der Waals surface area contributed by atoms with Gasteiger partial charge in [-0.2, -0.15) is 0 Å². The fourth-order valence-electron chi connectivity index (χ4n) is 2.28. The molecule has 2 N–H and O–H groups in total. The van der Waals surface area contributed by atoms with E-state index in [0.29, 0.717) is 29.8 Å². The lowest BCUT2D eigenvalue weighted by atomic mass is 10.2. The molecule has 0 bridgehead atoms. The molecule has 2 aromatic heterocycles. The van der Waals surface area contributed by atoms with Gasteiger partial charge in [0.1, 0.15) is 11.4 Å². The number of aromatic nitrogens is 2. The van der Waals surface area contributed by atoms with Crippen molar-refractivity contribution in [3.63, 3.8) is 0 Å². The number of ether oxygens (including phenoxy) is 1. The normalized spacial score (nSPS) is 10.8. The first-order valence-corrected chi connectivity index (χ1v) is 8.73. The molecule has 0 aliphatic heterocycles. The lowest BCUT2D eigenvalue weighted by Crippen LogP contribution is -2.40. The van der Waals surface area contributed by atoms with E-state index in [0.717, 1.165) is 10.4 Å². The molecular formula is C16H22N4O4S. The number of fused-ring (bicyclic) bond motifs is 1. The highest BCUT2D eigenvalue weighted by atomic mass is 32.1. The Morgan fingerprint density at radius 2 is 2.04 bits per heavy atom. The quantitative estimate of drug-likeness (QED) is 0.656. The first-order valence-electron chi connectivity index (χ1n) is 7.91. The highest BCUT2D eigenvalue weighted by Crippen LogP contribution is 2.25. The number of rotatable bonds is 8. The van der Waals surface area contributed by atoms with E-state index in [4.69, 9.17) is 4.74 Å². The van der Waals surface area contributed by atoms with Crippen LogP contribution in [-0.2, 0) is 20.9 Å². The van der Waals surface area contributed by atoms with Gasteiger partial charge in [0.25, 0.3) is 5.56 Å². The minimum absolute atomic E-state index is 0.132. The number of methoxy groups -OCH3 is 1. The zero-order valence-electron chi connectivity index (χ0n) is 14.5. The van der Waals surface area contributed by atoms with Crippen molar-refractivity contribution in [2.45, 2.75) is 26.8 Å². The van der Waals surface area contributed by atoms with Gasteiger partial charge in [-0.25, -0.2) is 4.98 Å². The molecule has 9 heteroatoms. The fourth-order valence-corrected chi connectivity index (χ4v) is 3.27. The van der Waals surface area contributed by atoms with Crippen LogP contribution in [0.4, 0.5) is 0 Å². The van der Waals surface area contributed by atoms with E-state index in [1.165, 1.54) is 22.2 Å². The molecule has 0 saturated carbocycles. The summed E-state index contributed by atoms with van der Waals surface area (Å²) < 4.78 is 6.14. The summed E-state index contributed by atoms with van der Waals surface area (Å²) in [6.45, 7) is 4.55. The van der Waals surface area contributed by atoms with Gasteiger partial charge < -0.3 is 15.4 Å². The van der Waals surface area contributed by atoms with Gasteiger partial charge in [-0.05, 0) is 25.8 Å². The molecule has 2 aromatic rings. The predicted molar refractivity (Wildman–Crippen MR) is 95.9 cm³/mol. The van der Waals surface area contributed by atoms with Crippen molar-refractivity contribution in [3.8, 4) is 0 Å². The summed E-state index contributed by atoms with van der Waals surface area (Å²) in [5, 5.41) is 5.72. The summed E-state index contributed by atoms with van der Waals surface area (Å²) in [5.74, 6) is -0.699. The van der Waals surface area contributed by atoms with Crippen molar-refractivity contribution in [1.82, 2.24) is 20.2 Å². The molecule has 0 unspecified atom stereocenters. The summed E-state index contributed by atoms with van der Waals surface area (Å²) in [5.41, 5.74) is 0.647. The first kappa shape index (κ1) is 19.1. The van der Waals surface area contributed by atoms with Crippen LogP contribution in [0.5, 0.6) is 0 Å². The molecule has 136 valence electrons. The molecule has 8 nitrogen and oxygen atoms in total. The number of nitrogens with zero attached hydrogens (tertiary/aromatic N) is 2. The molecule has 2 heterocycles. The maximum absolute atomic E-state index is 12.5.